The second-order valence-electron chi connectivity index (χ2n) is 4.54. The minimum absolute atomic E-state index is 0. The number of carbonyl (C=O) groups is 1. The fraction of sp³-hybridized carbons (Fsp3) is 0.562. The van der Waals surface area contributed by atoms with Crippen molar-refractivity contribution in [3.05, 3.63) is 29.8 Å². The fourth-order valence-corrected chi connectivity index (χ4v) is 2.01. The Bertz CT molecular complexity index is 392. The van der Waals surface area contributed by atoms with E-state index >= 15 is 0 Å². The third-order valence-electron chi connectivity index (χ3n) is 3.22. The Morgan fingerprint density at radius 2 is 1.80 bits per heavy atom. The van der Waals surface area contributed by atoms with Crippen molar-refractivity contribution in [1.82, 2.24) is 4.90 Å². The Morgan fingerprint density at radius 1 is 1.15 bits per heavy atom. The maximum atomic E-state index is 12.0. The molecule has 0 aromatic heterocycles. The van der Waals surface area contributed by atoms with Gasteiger partial charge in [-0.1, -0.05) is 32.9 Å². The van der Waals surface area contributed by atoms with Crippen molar-refractivity contribution in [3.8, 4) is 5.75 Å². The maximum absolute atomic E-state index is 12.0. The monoisotopic (exact) mass is 299 g/mol. The van der Waals surface area contributed by atoms with Crippen LogP contribution in [0.4, 0.5) is 0 Å². The Hall–Kier alpha value is -1.06. The lowest BCUT2D eigenvalue weighted by molar-refractivity contribution is 0.0977. The largest absolute Gasteiger partial charge is 0.491 e. The van der Waals surface area contributed by atoms with E-state index in [0.29, 0.717) is 24.3 Å². The molecule has 0 unspecified atom stereocenters. The summed E-state index contributed by atoms with van der Waals surface area (Å²) in [6.45, 7) is 9.86. The van der Waals surface area contributed by atoms with Crippen molar-refractivity contribution in [3.63, 3.8) is 0 Å². The van der Waals surface area contributed by atoms with Gasteiger partial charge >= 0.3 is 0 Å². The summed E-state index contributed by atoms with van der Waals surface area (Å²) in [5, 5.41) is 0. The van der Waals surface area contributed by atoms with Crippen LogP contribution in [0.15, 0.2) is 24.3 Å². The van der Waals surface area contributed by atoms with Gasteiger partial charge in [-0.05, 0) is 31.6 Å². The highest BCUT2D eigenvalue weighted by atomic mass is 35.5. The average Bonchev–Trinajstić information content (AvgIpc) is 2.44. The summed E-state index contributed by atoms with van der Waals surface area (Å²) < 4.78 is 5.78. The normalized spacial score (nSPS) is 10.2. The average molecular weight is 300 g/mol. The van der Waals surface area contributed by atoms with E-state index in [2.05, 4.69) is 18.7 Å². The summed E-state index contributed by atoms with van der Waals surface area (Å²) in [4.78, 5) is 14.3. The highest BCUT2D eigenvalue weighted by Crippen LogP contribution is 2.20. The lowest BCUT2D eigenvalue weighted by Gasteiger charge is -2.18. The van der Waals surface area contributed by atoms with E-state index in [1.807, 2.05) is 31.2 Å². The summed E-state index contributed by atoms with van der Waals surface area (Å²) in [6, 6.07) is 7.53. The molecule has 20 heavy (non-hydrogen) atoms. The van der Waals surface area contributed by atoms with Gasteiger partial charge in [-0.15, -0.1) is 12.4 Å². The van der Waals surface area contributed by atoms with Crippen LogP contribution < -0.4 is 4.74 Å². The van der Waals surface area contributed by atoms with E-state index in [9.17, 15) is 4.79 Å². The van der Waals surface area contributed by atoms with Crippen molar-refractivity contribution in [1.29, 1.82) is 0 Å². The van der Waals surface area contributed by atoms with Crippen LogP contribution in [0.5, 0.6) is 5.75 Å². The van der Waals surface area contributed by atoms with Gasteiger partial charge in [0.1, 0.15) is 12.4 Å². The van der Waals surface area contributed by atoms with Gasteiger partial charge in [-0.25, -0.2) is 0 Å². The molecule has 0 aliphatic heterocycles. The second-order valence-corrected chi connectivity index (χ2v) is 4.54. The summed E-state index contributed by atoms with van der Waals surface area (Å²) in [7, 11) is 0. The van der Waals surface area contributed by atoms with E-state index < -0.39 is 0 Å². The number of para-hydroxylation sites is 1. The molecule has 0 saturated heterocycles. The van der Waals surface area contributed by atoms with Crippen LogP contribution in [0.2, 0.25) is 0 Å². The highest BCUT2D eigenvalue weighted by molar-refractivity contribution is 5.98. The number of ketones is 1. The molecule has 1 rings (SSSR count). The smallest absolute Gasteiger partial charge is 0.166 e. The van der Waals surface area contributed by atoms with Crippen LogP contribution >= 0.6 is 12.4 Å². The molecular weight excluding hydrogens is 274 g/mol. The molecule has 4 heteroatoms. The highest BCUT2D eigenvalue weighted by Gasteiger charge is 2.11. The fourth-order valence-electron chi connectivity index (χ4n) is 2.01. The van der Waals surface area contributed by atoms with Gasteiger partial charge < -0.3 is 9.64 Å². The van der Waals surface area contributed by atoms with Crippen LogP contribution in [-0.4, -0.2) is 36.9 Å². The first-order valence-electron chi connectivity index (χ1n) is 7.20. The first-order valence-corrected chi connectivity index (χ1v) is 7.20. The zero-order chi connectivity index (χ0) is 14.1. The quantitative estimate of drug-likeness (QED) is 0.649. The Labute approximate surface area is 128 Å². The molecule has 1 aromatic rings. The lowest BCUT2D eigenvalue weighted by atomic mass is 10.1. The van der Waals surface area contributed by atoms with Crippen LogP contribution in [0.3, 0.4) is 0 Å². The number of likely N-dealkylation sites (N-methyl/N-ethyl adjacent to an activating group) is 1. The van der Waals surface area contributed by atoms with E-state index in [4.69, 9.17) is 4.74 Å². The predicted molar refractivity (Wildman–Crippen MR) is 86.2 cm³/mol. The number of hydrogen-bond acceptors (Lipinski definition) is 3. The van der Waals surface area contributed by atoms with Crippen LogP contribution in [0.25, 0.3) is 0 Å². The molecule has 0 spiro atoms. The number of halogens is 1. The van der Waals surface area contributed by atoms with Gasteiger partial charge in [0.05, 0.1) is 5.56 Å². The standard InChI is InChI=1S/C16H25NO2.ClH/c1-4-9-15(18)14-10-7-8-11-16(14)19-13-12-17(5-2)6-3;/h7-8,10-11H,4-6,9,12-13H2,1-3H3;1H. The van der Waals surface area contributed by atoms with E-state index in [0.717, 1.165) is 26.1 Å². The molecule has 0 atom stereocenters. The molecular formula is C16H26ClNO2. The number of benzene rings is 1. The van der Waals surface area contributed by atoms with E-state index in [-0.39, 0.29) is 18.2 Å². The minimum atomic E-state index is 0. The zero-order valence-corrected chi connectivity index (χ0v) is 13.5. The topological polar surface area (TPSA) is 29.5 Å². The number of nitrogens with zero attached hydrogens (tertiary/aromatic N) is 1. The first kappa shape index (κ1) is 18.9. The molecule has 0 bridgehead atoms. The second kappa shape index (κ2) is 10.7. The van der Waals surface area contributed by atoms with Crippen molar-refractivity contribution in [2.24, 2.45) is 0 Å². The number of ether oxygens (including phenoxy) is 1. The summed E-state index contributed by atoms with van der Waals surface area (Å²) in [6.07, 6.45) is 1.45. The third kappa shape index (κ3) is 5.93. The lowest BCUT2D eigenvalue weighted by Crippen LogP contribution is -2.28. The first-order chi connectivity index (χ1) is 9.22. The van der Waals surface area contributed by atoms with Crippen LogP contribution in [0, 0.1) is 0 Å². The number of hydrogen-bond donors (Lipinski definition) is 0. The van der Waals surface area contributed by atoms with Crippen molar-refractivity contribution >= 4 is 18.2 Å². The van der Waals surface area contributed by atoms with Crippen LogP contribution in [-0.2, 0) is 0 Å². The molecule has 3 nitrogen and oxygen atoms in total. The Morgan fingerprint density at radius 3 is 2.40 bits per heavy atom. The Kier molecular flexibility index (Phi) is 10.1. The molecule has 0 amide bonds. The van der Waals surface area contributed by atoms with Gasteiger partial charge in [0.2, 0.25) is 0 Å². The van der Waals surface area contributed by atoms with E-state index in [1.54, 1.807) is 0 Å². The predicted octanol–water partition coefficient (Wildman–Crippen LogP) is 3.81. The van der Waals surface area contributed by atoms with Crippen LogP contribution in [0.1, 0.15) is 44.0 Å². The van der Waals surface area contributed by atoms with Gasteiger partial charge in [-0.2, -0.15) is 0 Å². The molecule has 0 radical (unpaired) electrons. The summed E-state index contributed by atoms with van der Waals surface area (Å²) >= 11 is 0. The summed E-state index contributed by atoms with van der Waals surface area (Å²) in [5.74, 6) is 0.883. The van der Waals surface area contributed by atoms with Gasteiger partial charge in [0.15, 0.2) is 5.78 Å². The molecule has 0 N–H and O–H groups in total. The molecule has 0 heterocycles. The molecule has 0 aliphatic rings. The number of rotatable bonds is 9. The number of carbonyl (C=O) groups excluding carboxylic acids is 1. The zero-order valence-electron chi connectivity index (χ0n) is 12.7. The van der Waals surface area contributed by atoms with Gasteiger partial charge in [0.25, 0.3) is 0 Å². The maximum Gasteiger partial charge on any atom is 0.166 e. The SMILES string of the molecule is CCCC(=O)c1ccccc1OCCN(CC)CC.Cl. The summed E-state index contributed by atoms with van der Waals surface area (Å²) in [5.41, 5.74) is 0.712. The molecule has 0 saturated carbocycles. The molecule has 0 fully saturated rings. The molecule has 0 aliphatic carbocycles. The van der Waals surface area contributed by atoms with Crippen molar-refractivity contribution < 1.29 is 9.53 Å². The third-order valence-corrected chi connectivity index (χ3v) is 3.22. The van der Waals surface area contributed by atoms with Crippen molar-refractivity contribution in [2.45, 2.75) is 33.6 Å². The van der Waals surface area contributed by atoms with Gasteiger partial charge in [0, 0.05) is 13.0 Å². The van der Waals surface area contributed by atoms with Crippen molar-refractivity contribution in [2.75, 3.05) is 26.2 Å². The minimum Gasteiger partial charge on any atom is -0.491 e. The van der Waals surface area contributed by atoms with E-state index in [1.165, 1.54) is 0 Å². The molecule has 114 valence electrons. The number of Topliss-reactive ketones (excluding diaryl/α,β-unsaturated/α-hetero) is 1. The molecule has 1 aromatic carbocycles. The Balaban J connectivity index is 0.00000361. The van der Waals surface area contributed by atoms with Gasteiger partial charge in [-0.3, -0.25) is 4.79 Å².